The zero-order chi connectivity index (χ0) is 20.6. The topological polar surface area (TPSA) is 56.3 Å². The van der Waals surface area contributed by atoms with E-state index in [1.165, 1.54) is 23.1 Å². The van der Waals surface area contributed by atoms with Crippen LogP contribution in [-0.4, -0.2) is 23.3 Å². The van der Waals surface area contributed by atoms with E-state index in [2.05, 4.69) is 36.3 Å². The standard InChI is InChI=1S/C25H27NO3/c1-3-7-19(4-2)24(27)17-29-25(28)16-18-10-12-20(13-11-18)21-14-15-26-23-9-6-5-8-22(21)23/h3-9,14-15,18,20H,1-2,10-13,16-17H2/b19-7+. The molecule has 0 radical (unpaired) electrons. The van der Waals surface area contributed by atoms with Crippen LogP contribution in [0.1, 0.15) is 43.6 Å². The molecule has 1 aromatic carbocycles. The van der Waals surface area contributed by atoms with Crippen LogP contribution in [0.3, 0.4) is 0 Å². The van der Waals surface area contributed by atoms with E-state index in [-0.39, 0.29) is 18.4 Å². The number of rotatable bonds is 8. The lowest BCUT2D eigenvalue weighted by atomic mass is 9.77. The fourth-order valence-electron chi connectivity index (χ4n) is 4.08. The lowest BCUT2D eigenvalue weighted by Crippen LogP contribution is -2.20. The zero-order valence-electron chi connectivity index (χ0n) is 16.7. The number of esters is 1. The number of hydrogen-bond acceptors (Lipinski definition) is 4. The highest BCUT2D eigenvalue weighted by molar-refractivity contribution is 5.99. The molecule has 0 bridgehead atoms. The maximum atomic E-state index is 12.2. The summed E-state index contributed by atoms with van der Waals surface area (Å²) in [6.07, 6.45) is 10.8. The summed E-state index contributed by atoms with van der Waals surface area (Å²) in [6, 6.07) is 10.4. The van der Waals surface area contributed by atoms with Gasteiger partial charge in [0.05, 0.1) is 5.52 Å². The van der Waals surface area contributed by atoms with Gasteiger partial charge < -0.3 is 4.74 Å². The van der Waals surface area contributed by atoms with Crippen molar-refractivity contribution >= 4 is 22.7 Å². The average molecular weight is 389 g/mol. The monoisotopic (exact) mass is 389 g/mol. The van der Waals surface area contributed by atoms with Crippen LogP contribution in [0.2, 0.25) is 0 Å². The molecule has 1 aliphatic rings. The van der Waals surface area contributed by atoms with Crippen molar-refractivity contribution in [1.82, 2.24) is 4.98 Å². The summed E-state index contributed by atoms with van der Waals surface area (Å²) < 4.78 is 5.19. The van der Waals surface area contributed by atoms with Crippen LogP contribution in [-0.2, 0) is 14.3 Å². The van der Waals surface area contributed by atoms with Crippen LogP contribution in [0, 0.1) is 5.92 Å². The molecule has 3 rings (SSSR count). The molecule has 1 heterocycles. The molecular weight excluding hydrogens is 362 g/mol. The highest BCUT2D eigenvalue weighted by atomic mass is 16.5. The van der Waals surface area contributed by atoms with Gasteiger partial charge in [0.25, 0.3) is 0 Å². The second-order valence-electron chi connectivity index (χ2n) is 7.48. The molecule has 2 aromatic rings. The van der Waals surface area contributed by atoms with Gasteiger partial charge in [0.2, 0.25) is 0 Å². The van der Waals surface area contributed by atoms with Crippen molar-refractivity contribution in [3.8, 4) is 0 Å². The predicted octanol–water partition coefficient (Wildman–Crippen LogP) is 5.31. The molecule has 0 spiro atoms. The van der Waals surface area contributed by atoms with Gasteiger partial charge in [-0.2, -0.15) is 0 Å². The van der Waals surface area contributed by atoms with Gasteiger partial charge in [-0.3, -0.25) is 14.6 Å². The molecule has 150 valence electrons. The van der Waals surface area contributed by atoms with Gasteiger partial charge in [-0.1, -0.05) is 49.6 Å². The third-order valence-electron chi connectivity index (χ3n) is 5.63. The van der Waals surface area contributed by atoms with Crippen LogP contribution in [0.5, 0.6) is 0 Å². The first-order chi connectivity index (χ1) is 14.1. The Kier molecular flexibility index (Phi) is 7.12. The van der Waals surface area contributed by atoms with Crippen LogP contribution in [0.4, 0.5) is 0 Å². The Morgan fingerprint density at radius 2 is 1.86 bits per heavy atom. The van der Waals surface area contributed by atoms with Crippen molar-refractivity contribution < 1.29 is 14.3 Å². The molecule has 1 aliphatic carbocycles. The predicted molar refractivity (Wildman–Crippen MR) is 116 cm³/mol. The first-order valence-corrected chi connectivity index (χ1v) is 10.1. The second kappa shape index (κ2) is 9.97. The van der Waals surface area contributed by atoms with Gasteiger partial charge in [-0.15, -0.1) is 0 Å². The average Bonchev–Trinajstić information content (AvgIpc) is 2.76. The van der Waals surface area contributed by atoms with Crippen LogP contribution >= 0.6 is 0 Å². The largest absolute Gasteiger partial charge is 0.457 e. The number of aromatic nitrogens is 1. The molecule has 0 unspecified atom stereocenters. The Labute approximate surface area is 172 Å². The normalized spacial score (nSPS) is 19.5. The Hall–Kier alpha value is -3.01. The van der Waals surface area contributed by atoms with Gasteiger partial charge >= 0.3 is 5.97 Å². The zero-order valence-corrected chi connectivity index (χ0v) is 16.7. The summed E-state index contributed by atoms with van der Waals surface area (Å²) in [5, 5.41) is 1.22. The second-order valence-corrected chi connectivity index (χ2v) is 7.48. The van der Waals surface area contributed by atoms with E-state index in [0.29, 0.717) is 23.8 Å². The first kappa shape index (κ1) is 20.7. The Morgan fingerprint density at radius 1 is 1.10 bits per heavy atom. The third-order valence-corrected chi connectivity index (χ3v) is 5.63. The number of carbonyl (C=O) groups excluding carboxylic acids is 2. The number of benzene rings is 1. The minimum absolute atomic E-state index is 0.247. The third kappa shape index (κ3) is 5.29. The minimum Gasteiger partial charge on any atom is -0.457 e. The number of ketones is 1. The smallest absolute Gasteiger partial charge is 0.306 e. The van der Waals surface area contributed by atoms with E-state index in [1.807, 2.05) is 18.3 Å². The number of para-hydroxylation sites is 1. The molecule has 1 fully saturated rings. The number of pyridine rings is 1. The molecule has 1 aromatic heterocycles. The Morgan fingerprint density at radius 3 is 2.59 bits per heavy atom. The van der Waals surface area contributed by atoms with Crippen molar-refractivity contribution in [2.75, 3.05) is 6.61 Å². The molecule has 0 atom stereocenters. The molecule has 4 nitrogen and oxygen atoms in total. The number of carbonyl (C=O) groups is 2. The molecule has 29 heavy (non-hydrogen) atoms. The van der Waals surface area contributed by atoms with Crippen LogP contribution in [0.25, 0.3) is 10.9 Å². The van der Waals surface area contributed by atoms with E-state index >= 15 is 0 Å². The van der Waals surface area contributed by atoms with Gasteiger partial charge in [0, 0.05) is 23.6 Å². The lowest BCUT2D eigenvalue weighted by molar-refractivity contribution is -0.148. The Bertz CT molecular complexity index is 931. The number of nitrogens with zero attached hydrogens (tertiary/aromatic N) is 1. The molecule has 0 amide bonds. The highest BCUT2D eigenvalue weighted by Gasteiger charge is 2.26. The van der Waals surface area contributed by atoms with Gasteiger partial charge in [0.1, 0.15) is 0 Å². The van der Waals surface area contributed by atoms with Gasteiger partial charge in [0.15, 0.2) is 12.4 Å². The number of hydrogen-bond donors (Lipinski definition) is 0. The molecule has 1 saturated carbocycles. The number of fused-ring (bicyclic) bond motifs is 1. The van der Waals surface area contributed by atoms with E-state index in [0.717, 1.165) is 31.2 Å². The van der Waals surface area contributed by atoms with Crippen molar-refractivity contribution in [2.24, 2.45) is 5.92 Å². The summed E-state index contributed by atoms with van der Waals surface area (Å²) in [5.74, 6) is 0.236. The molecule has 4 heteroatoms. The first-order valence-electron chi connectivity index (χ1n) is 10.1. The summed E-state index contributed by atoms with van der Waals surface area (Å²) in [5.41, 5.74) is 2.79. The SMILES string of the molecule is C=C/C=C(\C=C)C(=O)COC(=O)CC1CCC(c2ccnc3ccccc23)CC1. The molecule has 0 N–H and O–H groups in total. The fourth-order valence-corrected chi connectivity index (χ4v) is 4.08. The van der Waals surface area contributed by atoms with Crippen LogP contribution in [0.15, 0.2) is 73.5 Å². The number of allylic oxidation sites excluding steroid dienone is 3. The van der Waals surface area contributed by atoms with Gasteiger partial charge in [-0.05, 0) is 55.2 Å². The van der Waals surface area contributed by atoms with E-state index in [9.17, 15) is 9.59 Å². The fraction of sp³-hybridized carbons (Fsp3) is 0.320. The molecule has 0 aliphatic heterocycles. The van der Waals surface area contributed by atoms with E-state index in [4.69, 9.17) is 4.74 Å². The van der Waals surface area contributed by atoms with Crippen LogP contribution < -0.4 is 0 Å². The van der Waals surface area contributed by atoms with Crippen molar-refractivity contribution in [3.63, 3.8) is 0 Å². The van der Waals surface area contributed by atoms with Gasteiger partial charge in [-0.25, -0.2) is 0 Å². The maximum Gasteiger partial charge on any atom is 0.306 e. The minimum atomic E-state index is -0.307. The highest BCUT2D eigenvalue weighted by Crippen LogP contribution is 2.39. The summed E-state index contributed by atoms with van der Waals surface area (Å²) in [7, 11) is 0. The maximum absolute atomic E-state index is 12.2. The van der Waals surface area contributed by atoms with E-state index in [1.54, 1.807) is 6.08 Å². The van der Waals surface area contributed by atoms with Crippen molar-refractivity contribution in [2.45, 2.75) is 38.0 Å². The summed E-state index contributed by atoms with van der Waals surface area (Å²) in [6.45, 7) is 6.90. The molecule has 0 saturated heterocycles. The number of ether oxygens (including phenoxy) is 1. The lowest BCUT2D eigenvalue weighted by Gasteiger charge is -2.29. The quantitative estimate of drug-likeness (QED) is 0.349. The Balaban J connectivity index is 1.50. The van der Waals surface area contributed by atoms with Crippen molar-refractivity contribution in [3.05, 3.63) is 79.1 Å². The number of Topliss-reactive ketones (excluding diaryl/α,β-unsaturated/α-hetero) is 1. The summed E-state index contributed by atoms with van der Waals surface area (Å²) >= 11 is 0. The van der Waals surface area contributed by atoms with Crippen molar-refractivity contribution in [1.29, 1.82) is 0 Å². The summed E-state index contributed by atoms with van der Waals surface area (Å²) in [4.78, 5) is 28.6. The van der Waals surface area contributed by atoms with E-state index < -0.39 is 0 Å². The molecular formula is C25H27NO3.